The van der Waals surface area contributed by atoms with E-state index in [1.54, 1.807) is 18.2 Å². The molecule has 1 N–H and O–H groups in total. The first-order valence-corrected chi connectivity index (χ1v) is 8.12. The van der Waals surface area contributed by atoms with E-state index in [0.29, 0.717) is 6.61 Å². The number of benzene rings is 1. The lowest BCUT2D eigenvalue weighted by Crippen LogP contribution is -2.09. The molecule has 0 radical (unpaired) electrons. The first-order valence-electron chi connectivity index (χ1n) is 8.12. The third-order valence-electron chi connectivity index (χ3n) is 3.59. The second-order valence-corrected chi connectivity index (χ2v) is 5.43. The Balaban J connectivity index is 2.20. The Labute approximate surface area is 132 Å². The number of rotatable bonds is 11. The fraction of sp³-hybridized carbons (Fsp3) is 0.588. The molecule has 0 atom stereocenters. The molecule has 5 heteroatoms. The standard InChI is InChI=1S/C17H26N2O3/c1-2-3-4-5-6-7-8-11-14-22-17(18)15-12-9-10-13-16(15)19(20)21/h9-10,12-13,18H,2-8,11,14H2,1H3. The zero-order valence-electron chi connectivity index (χ0n) is 13.3. The highest BCUT2D eigenvalue weighted by atomic mass is 16.6. The Morgan fingerprint density at radius 1 is 1.09 bits per heavy atom. The number of para-hydroxylation sites is 1. The van der Waals surface area contributed by atoms with E-state index in [9.17, 15) is 10.1 Å². The van der Waals surface area contributed by atoms with Gasteiger partial charge in [0.2, 0.25) is 5.90 Å². The molecule has 0 spiro atoms. The number of hydrogen-bond acceptors (Lipinski definition) is 4. The molecule has 0 saturated heterocycles. The van der Waals surface area contributed by atoms with E-state index in [1.165, 1.54) is 44.6 Å². The van der Waals surface area contributed by atoms with E-state index in [4.69, 9.17) is 10.1 Å². The Hall–Kier alpha value is -1.91. The lowest BCUT2D eigenvalue weighted by Gasteiger charge is -2.08. The normalized spacial score (nSPS) is 10.4. The molecule has 0 aromatic heterocycles. The highest BCUT2D eigenvalue weighted by Gasteiger charge is 2.17. The molecule has 22 heavy (non-hydrogen) atoms. The van der Waals surface area contributed by atoms with Crippen molar-refractivity contribution in [2.75, 3.05) is 6.61 Å². The van der Waals surface area contributed by atoms with Crippen molar-refractivity contribution in [3.63, 3.8) is 0 Å². The van der Waals surface area contributed by atoms with Gasteiger partial charge in [-0.3, -0.25) is 15.5 Å². The summed E-state index contributed by atoms with van der Waals surface area (Å²) in [6, 6.07) is 6.21. The van der Waals surface area contributed by atoms with Gasteiger partial charge >= 0.3 is 0 Å². The highest BCUT2D eigenvalue weighted by molar-refractivity contribution is 5.95. The Morgan fingerprint density at radius 3 is 2.32 bits per heavy atom. The fourth-order valence-electron chi connectivity index (χ4n) is 2.31. The predicted octanol–water partition coefficient (Wildman–Crippen LogP) is 5.08. The van der Waals surface area contributed by atoms with E-state index in [1.807, 2.05) is 0 Å². The number of nitrogens with zero attached hydrogens (tertiary/aromatic N) is 1. The van der Waals surface area contributed by atoms with Crippen molar-refractivity contribution < 1.29 is 9.66 Å². The van der Waals surface area contributed by atoms with Crippen molar-refractivity contribution in [3.05, 3.63) is 39.9 Å². The second-order valence-electron chi connectivity index (χ2n) is 5.43. The minimum Gasteiger partial charge on any atom is -0.477 e. The van der Waals surface area contributed by atoms with Crippen LogP contribution >= 0.6 is 0 Å². The van der Waals surface area contributed by atoms with Gasteiger partial charge in [0.15, 0.2) is 0 Å². The molecule has 0 heterocycles. The van der Waals surface area contributed by atoms with Crippen LogP contribution in [0.3, 0.4) is 0 Å². The molecular formula is C17H26N2O3. The lowest BCUT2D eigenvalue weighted by atomic mass is 10.1. The topological polar surface area (TPSA) is 76.2 Å². The van der Waals surface area contributed by atoms with Crippen molar-refractivity contribution in [3.8, 4) is 0 Å². The van der Waals surface area contributed by atoms with Crippen LogP contribution in [0.25, 0.3) is 0 Å². The van der Waals surface area contributed by atoms with Gasteiger partial charge in [-0.1, -0.05) is 64.0 Å². The van der Waals surface area contributed by atoms with Gasteiger partial charge < -0.3 is 4.74 Å². The molecule has 1 aromatic rings. The summed E-state index contributed by atoms with van der Waals surface area (Å²) in [5.74, 6) is -0.116. The maximum atomic E-state index is 10.9. The van der Waals surface area contributed by atoms with Crippen molar-refractivity contribution in [2.45, 2.75) is 58.3 Å². The van der Waals surface area contributed by atoms with Crippen LogP contribution in [0.4, 0.5) is 5.69 Å². The van der Waals surface area contributed by atoms with Crippen molar-refractivity contribution >= 4 is 11.6 Å². The van der Waals surface area contributed by atoms with E-state index in [0.717, 1.165) is 12.8 Å². The summed E-state index contributed by atoms with van der Waals surface area (Å²) in [4.78, 5) is 10.4. The number of nitro benzene ring substituents is 1. The van der Waals surface area contributed by atoms with Gasteiger partial charge in [0.25, 0.3) is 5.69 Å². The molecule has 0 unspecified atom stereocenters. The van der Waals surface area contributed by atoms with Crippen LogP contribution < -0.4 is 0 Å². The third-order valence-corrected chi connectivity index (χ3v) is 3.59. The Bertz CT molecular complexity index is 475. The smallest absolute Gasteiger partial charge is 0.282 e. The van der Waals surface area contributed by atoms with E-state index < -0.39 is 4.92 Å². The summed E-state index contributed by atoms with van der Waals surface area (Å²) in [6.07, 6.45) is 9.59. The van der Waals surface area contributed by atoms with Gasteiger partial charge in [0, 0.05) is 6.07 Å². The average molecular weight is 306 g/mol. The van der Waals surface area contributed by atoms with Crippen molar-refractivity contribution in [1.29, 1.82) is 5.41 Å². The predicted molar refractivity (Wildman–Crippen MR) is 88.5 cm³/mol. The quantitative estimate of drug-likeness (QED) is 0.204. The molecule has 0 aliphatic heterocycles. The Kier molecular flexibility index (Phi) is 8.88. The minimum absolute atomic E-state index is 0.0802. The number of nitro groups is 1. The van der Waals surface area contributed by atoms with E-state index in [-0.39, 0.29) is 17.1 Å². The van der Waals surface area contributed by atoms with Crippen LogP contribution in [0, 0.1) is 15.5 Å². The van der Waals surface area contributed by atoms with Crippen LogP contribution in [0.1, 0.15) is 63.9 Å². The third kappa shape index (κ3) is 6.70. The maximum absolute atomic E-state index is 10.9. The van der Waals surface area contributed by atoms with Crippen LogP contribution in [-0.4, -0.2) is 17.4 Å². The average Bonchev–Trinajstić information content (AvgIpc) is 2.53. The first-order chi connectivity index (χ1) is 10.7. The molecule has 0 amide bonds. The zero-order chi connectivity index (χ0) is 16.2. The number of ether oxygens (including phenoxy) is 1. The first kappa shape index (κ1) is 18.1. The van der Waals surface area contributed by atoms with Gasteiger partial charge in [-0.05, 0) is 12.5 Å². The number of unbranched alkanes of at least 4 members (excludes halogenated alkanes) is 7. The molecule has 1 rings (SSSR count). The number of hydrogen-bond donors (Lipinski definition) is 1. The van der Waals surface area contributed by atoms with Crippen LogP contribution in [-0.2, 0) is 4.74 Å². The van der Waals surface area contributed by atoms with Gasteiger partial charge in [-0.2, -0.15) is 0 Å². The molecule has 1 aromatic carbocycles. The molecule has 0 aliphatic rings. The van der Waals surface area contributed by atoms with Gasteiger partial charge in [-0.25, -0.2) is 0 Å². The molecule has 0 fully saturated rings. The molecule has 5 nitrogen and oxygen atoms in total. The minimum atomic E-state index is -0.483. The largest absolute Gasteiger partial charge is 0.477 e. The molecular weight excluding hydrogens is 280 g/mol. The fourth-order valence-corrected chi connectivity index (χ4v) is 2.31. The zero-order valence-corrected chi connectivity index (χ0v) is 13.3. The molecule has 0 aliphatic carbocycles. The summed E-state index contributed by atoms with van der Waals surface area (Å²) in [6.45, 7) is 2.66. The van der Waals surface area contributed by atoms with Gasteiger partial charge in [0.05, 0.1) is 11.5 Å². The summed E-state index contributed by atoms with van der Waals surface area (Å²) >= 11 is 0. The monoisotopic (exact) mass is 306 g/mol. The summed E-state index contributed by atoms with van der Waals surface area (Å²) in [5, 5.41) is 18.7. The second kappa shape index (κ2) is 10.8. The molecule has 0 saturated carbocycles. The SMILES string of the molecule is CCCCCCCCCCOC(=N)c1ccccc1[N+](=O)[O-]. The van der Waals surface area contributed by atoms with Gasteiger partial charge in [-0.15, -0.1) is 0 Å². The van der Waals surface area contributed by atoms with Crippen LogP contribution in [0.5, 0.6) is 0 Å². The summed E-state index contributed by atoms with van der Waals surface area (Å²) in [7, 11) is 0. The number of nitrogens with one attached hydrogen (secondary N) is 1. The summed E-state index contributed by atoms with van der Waals surface area (Å²) in [5.41, 5.74) is 0.162. The summed E-state index contributed by atoms with van der Waals surface area (Å²) < 4.78 is 5.34. The molecule has 0 bridgehead atoms. The Morgan fingerprint density at radius 2 is 1.68 bits per heavy atom. The highest BCUT2D eigenvalue weighted by Crippen LogP contribution is 2.18. The van der Waals surface area contributed by atoms with Crippen LogP contribution in [0.2, 0.25) is 0 Å². The lowest BCUT2D eigenvalue weighted by molar-refractivity contribution is -0.385. The van der Waals surface area contributed by atoms with E-state index >= 15 is 0 Å². The molecule has 122 valence electrons. The van der Waals surface area contributed by atoms with Crippen molar-refractivity contribution in [2.24, 2.45) is 0 Å². The maximum Gasteiger partial charge on any atom is 0.282 e. The van der Waals surface area contributed by atoms with Crippen LogP contribution in [0.15, 0.2) is 24.3 Å². The van der Waals surface area contributed by atoms with Gasteiger partial charge in [0.1, 0.15) is 5.56 Å². The van der Waals surface area contributed by atoms with Crippen molar-refractivity contribution in [1.82, 2.24) is 0 Å². The van der Waals surface area contributed by atoms with E-state index in [2.05, 4.69) is 6.92 Å².